The fourth-order valence-corrected chi connectivity index (χ4v) is 3.87. The molecule has 0 aromatic rings. The molecule has 3 unspecified atom stereocenters. The molecule has 2 fully saturated rings. The second kappa shape index (κ2) is 10.4. The van der Waals surface area contributed by atoms with Gasteiger partial charge in [-0.15, -0.1) is 0 Å². The lowest BCUT2D eigenvalue weighted by atomic mass is 9.93. The van der Waals surface area contributed by atoms with Gasteiger partial charge in [0.1, 0.15) is 23.2 Å². The first-order valence-electron chi connectivity index (χ1n) is 10.5. The van der Waals surface area contributed by atoms with Gasteiger partial charge >= 0.3 is 6.09 Å². The van der Waals surface area contributed by atoms with Crippen LogP contribution in [-0.4, -0.2) is 47.4 Å². The molecular formula is C22H32N2O6. The van der Waals surface area contributed by atoms with E-state index in [-0.39, 0.29) is 23.2 Å². The van der Waals surface area contributed by atoms with E-state index in [2.05, 4.69) is 10.6 Å². The van der Waals surface area contributed by atoms with E-state index in [0.29, 0.717) is 25.8 Å². The average molecular weight is 421 g/mol. The number of allylic oxidation sites excluding steroid dienone is 2. The van der Waals surface area contributed by atoms with E-state index in [0.717, 1.165) is 25.5 Å². The number of hydrogen-bond acceptors (Lipinski definition) is 6. The van der Waals surface area contributed by atoms with Gasteiger partial charge in [-0.25, -0.2) is 4.79 Å². The molecule has 2 aliphatic rings. The topological polar surface area (TPSA) is 122 Å². The van der Waals surface area contributed by atoms with Crippen LogP contribution in [0.2, 0.25) is 0 Å². The van der Waals surface area contributed by atoms with Crippen molar-refractivity contribution < 1.29 is 29.0 Å². The molecule has 1 saturated heterocycles. The molecule has 1 heterocycles. The highest BCUT2D eigenvalue weighted by molar-refractivity contribution is 6.27. The van der Waals surface area contributed by atoms with Gasteiger partial charge in [-0.1, -0.05) is 12.5 Å². The second-order valence-electron chi connectivity index (χ2n) is 8.84. The van der Waals surface area contributed by atoms with Gasteiger partial charge in [0.25, 0.3) is 5.91 Å². The van der Waals surface area contributed by atoms with Crippen LogP contribution >= 0.6 is 0 Å². The normalized spacial score (nSPS) is 26.0. The van der Waals surface area contributed by atoms with Crippen molar-refractivity contribution in [1.29, 1.82) is 0 Å². The largest absolute Gasteiger partial charge is 0.507 e. The molecule has 8 heteroatoms. The third kappa shape index (κ3) is 6.71. The lowest BCUT2D eigenvalue weighted by Gasteiger charge is -2.19. The van der Waals surface area contributed by atoms with Crippen molar-refractivity contribution in [3.05, 3.63) is 23.5 Å². The highest BCUT2D eigenvalue weighted by atomic mass is 16.6. The summed E-state index contributed by atoms with van der Waals surface area (Å²) in [7, 11) is 0. The van der Waals surface area contributed by atoms with Crippen molar-refractivity contribution in [3.8, 4) is 0 Å². The minimum atomic E-state index is -0.724. The first-order chi connectivity index (χ1) is 14.1. The number of ether oxygens (including phenoxy) is 1. The number of rotatable bonds is 8. The van der Waals surface area contributed by atoms with Gasteiger partial charge in [0.05, 0.1) is 6.04 Å². The molecule has 1 aliphatic carbocycles. The van der Waals surface area contributed by atoms with Gasteiger partial charge in [0.15, 0.2) is 5.78 Å². The highest BCUT2D eigenvalue weighted by Crippen LogP contribution is 2.34. The first-order valence-corrected chi connectivity index (χ1v) is 10.5. The molecule has 8 nitrogen and oxygen atoms in total. The van der Waals surface area contributed by atoms with Crippen molar-refractivity contribution in [1.82, 2.24) is 10.6 Å². The molecule has 0 bridgehead atoms. The highest BCUT2D eigenvalue weighted by Gasteiger charge is 2.37. The summed E-state index contributed by atoms with van der Waals surface area (Å²) in [4.78, 5) is 47.1. The molecule has 3 atom stereocenters. The predicted octanol–water partition coefficient (Wildman–Crippen LogP) is 2.73. The van der Waals surface area contributed by atoms with Crippen LogP contribution in [0.25, 0.3) is 0 Å². The molecule has 2 amide bonds. The number of alkyl carbamates (subject to hydrolysis) is 1. The lowest BCUT2D eigenvalue weighted by molar-refractivity contribution is -0.117. The Morgan fingerprint density at radius 1 is 1.30 bits per heavy atom. The van der Waals surface area contributed by atoms with Gasteiger partial charge in [-0.05, 0) is 64.4 Å². The Kier molecular flexibility index (Phi) is 8.20. The number of amides is 2. The third-order valence-electron chi connectivity index (χ3n) is 5.31. The SMILES string of the molecule is CC(C)(C)OC(=O)NCCCC1NC(=O)C(=C(O)C=CC2CCCC2CC=O)C1=O. The molecule has 2 rings (SSSR count). The molecule has 1 aliphatic heterocycles. The number of Topliss-reactive ketones (excluding diaryl/α,β-unsaturated/α-hetero) is 1. The Labute approximate surface area is 177 Å². The number of carbonyl (C=O) groups excluding carboxylic acids is 4. The maximum absolute atomic E-state index is 12.5. The monoisotopic (exact) mass is 420 g/mol. The van der Waals surface area contributed by atoms with E-state index in [4.69, 9.17) is 4.74 Å². The zero-order chi connectivity index (χ0) is 22.3. The number of carbonyl (C=O) groups is 4. The van der Waals surface area contributed by atoms with Crippen molar-refractivity contribution in [2.75, 3.05) is 6.54 Å². The van der Waals surface area contributed by atoms with Crippen LogP contribution in [0.15, 0.2) is 23.5 Å². The number of aliphatic hydroxyl groups excluding tert-OH is 1. The van der Waals surface area contributed by atoms with Crippen LogP contribution in [0.4, 0.5) is 4.79 Å². The summed E-state index contributed by atoms with van der Waals surface area (Å²) >= 11 is 0. The van der Waals surface area contributed by atoms with Gasteiger partial charge in [-0.3, -0.25) is 9.59 Å². The van der Waals surface area contributed by atoms with E-state index >= 15 is 0 Å². The van der Waals surface area contributed by atoms with Crippen LogP contribution in [-0.2, 0) is 19.1 Å². The van der Waals surface area contributed by atoms with Crippen molar-refractivity contribution in [2.24, 2.45) is 11.8 Å². The number of nitrogens with one attached hydrogen (secondary N) is 2. The van der Waals surface area contributed by atoms with E-state index in [1.807, 2.05) is 0 Å². The maximum atomic E-state index is 12.5. The summed E-state index contributed by atoms with van der Waals surface area (Å²) in [6, 6.07) is -0.724. The quantitative estimate of drug-likeness (QED) is 0.182. The van der Waals surface area contributed by atoms with Crippen molar-refractivity contribution >= 4 is 24.1 Å². The molecule has 0 radical (unpaired) electrons. The Bertz CT molecular complexity index is 734. The lowest BCUT2D eigenvalue weighted by Crippen LogP contribution is -2.34. The van der Waals surface area contributed by atoms with Crippen LogP contribution < -0.4 is 10.6 Å². The smallest absolute Gasteiger partial charge is 0.407 e. The van der Waals surface area contributed by atoms with Crippen LogP contribution in [0.1, 0.15) is 59.3 Å². The standard InChI is InChI=1S/C22H32N2O6/c1-22(2,3)30-21(29)23-12-5-8-16-19(27)18(20(28)24-16)17(26)10-9-14-6-4-7-15(14)11-13-25/h9-10,13-16,26H,4-8,11-12H2,1-3H3,(H,23,29)(H,24,28). The van der Waals surface area contributed by atoms with Gasteiger partial charge in [-0.2, -0.15) is 0 Å². The van der Waals surface area contributed by atoms with Gasteiger partial charge in [0.2, 0.25) is 0 Å². The van der Waals surface area contributed by atoms with E-state index in [1.165, 1.54) is 6.08 Å². The molecule has 0 aromatic carbocycles. The Hall–Kier alpha value is -2.64. The first kappa shape index (κ1) is 23.6. The number of hydrogen-bond donors (Lipinski definition) is 3. The fourth-order valence-electron chi connectivity index (χ4n) is 3.87. The van der Waals surface area contributed by atoms with Gasteiger partial charge < -0.3 is 25.3 Å². The zero-order valence-corrected chi connectivity index (χ0v) is 17.9. The number of aliphatic hydroxyl groups is 1. The zero-order valence-electron chi connectivity index (χ0n) is 17.9. The summed E-state index contributed by atoms with van der Waals surface area (Å²) in [6.45, 7) is 5.61. The molecule has 30 heavy (non-hydrogen) atoms. The third-order valence-corrected chi connectivity index (χ3v) is 5.31. The molecule has 3 N–H and O–H groups in total. The minimum absolute atomic E-state index is 0.159. The van der Waals surface area contributed by atoms with Gasteiger partial charge in [0, 0.05) is 13.0 Å². The van der Waals surface area contributed by atoms with E-state index in [9.17, 15) is 24.3 Å². The molecule has 166 valence electrons. The summed E-state index contributed by atoms with van der Waals surface area (Å²) in [5, 5.41) is 15.5. The fraction of sp³-hybridized carbons (Fsp3) is 0.636. The van der Waals surface area contributed by atoms with E-state index in [1.54, 1.807) is 26.8 Å². The Balaban J connectivity index is 1.88. The van der Waals surface area contributed by atoms with Crippen LogP contribution in [0.5, 0.6) is 0 Å². The summed E-state index contributed by atoms with van der Waals surface area (Å²) in [6.07, 6.45) is 7.76. The van der Waals surface area contributed by atoms with Crippen molar-refractivity contribution in [3.63, 3.8) is 0 Å². The number of ketones is 1. The Morgan fingerprint density at radius 3 is 2.70 bits per heavy atom. The molecule has 0 aromatic heterocycles. The molecule has 0 spiro atoms. The van der Waals surface area contributed by atoms with Crippen LogP contribution in [0.3, 0.4) is 0 Å². The minimum Gasteiger partial charge on any atom is -0.507 e. The summed E-state index contributed by atoms with van der Waals surface area (Å²) in [5.74, 6) is -0.982. The van der Waals surface area contributed by atoms with E-state index < -0.39 is 29.4 Å². The van der Waals surface area contributed by atoms with Crippen molar-refractivity contribution in [2.45, 2.75) is 70.9 Å². The molecular weight excluding hydrogens is 388 g/mol. The van der Waals surface area contributed by atoms with Crippen LogP contribution in [0, 0.1) is 11.8 Å². The second-order valence-corrected chi connectivity index (χ2v) is 8.84. The molecule has 1 saturated carbocycles. The summed E-state index contributed by atoms with van der Waals surface area (Å²) < 4.78 is 5.13. The average Bonchev–Trinajstić information content (AvgIpc) is 3.19. The maximum Gasteiger partial charge on any atom is 0.407 e. The number of aldehydes is 1. The summed E-state index contributed by atoms with van der Waals surface area (Å²) in [5.41, 5.74) is -0.822. The predicted molar refractivity (Wildman–Crippen MR) is 111 cm³/mol. The Morgan fingerprint density at radius 2 is 2.03 bits per heavy atom.